The number of fused-ring (bicyclic) bond motifs is 5. The molecule has 0 aromatic heterocycles. The Morgan fingerprint density at radius 3 is 2.21 bits per heavy atom. The van der Waals surface area contributed by atoms with E-state index < -0.39 is 47.5 Å². The standard InChI is InChI=1S/C29H21N3O7/c1-16(33)31-21-14-8-6-12-19(21)27(25(31)35)28-20-13-7-9-15-22(20)32(17(2)34)29(28,39-27)38-26-30-23(24(36-26)37-28)18-10-4-3-5-11-18/h3-15,24,26H,1-2H3/t24-,26+,27-,28-,29-/m0/s1. The van der Waals surface area contributed by atoms with Crippen LogP contribution in [0.2, 0.25) is 0 Å². The first kappa shape index (κ1) is 22.7. The number of ether oxygens (including phenoxy) is 4. The molecule has 10 nitrogen and oxygen atoms in total. The fourth-order valence-corrected chi connectivity index (χ4v) is 6.70. The van der Waals surface area contributed by atoms with Gasteiger partial charge in [0.15, 0.2) is 0 Å². The highest BCUT2D eigenvalue weighted by Gasteiger charge is 2.92. The van der Waals surface area contributed by atoms with Gasteiger partial charge in [-0.05, 0) is 12.1 Å². The molecule has 3 aromatic carbocycles. The summed E-state index contributed by atoms with van der Waals surface area (Å²) < 4.78 is 26.1. The number of benzene rings is 3. The highest BCUT2D eigenvalue weighted by atomic mass is 16.9. The molecular formula is C29H21N3O7. The van der Waals surface area contributed by atoms with Crippen LogP contribution in [-0.4, -0.2) is 42.0 Å². The van der Waals surface area contributed by atoms with Gasteiger partial charge in [0.25, 0.3) is 12.3 Å². The van der Waals surface area contributed by atoms with Gasteiger partial charge in [0.2, 0.25) is 29.3 Å². The van der Waals surface area contributed by atoms with Crippen LogP contribution in [0.3, 0.4) is 0 Å². The van der Waals surface area contributed by atoms with E-state index in [0.717, 1.165) is 10.5 Å². The number of aliphatic imine (C=N–C) groups is 1. The molecule has 0 aliphatic carbocycles. The van der Waals surface area contributed by atoms with Crippen LogP contribution >= 0.6 is 0 Å². The number of carbonyl (C=O) groups excluding carboxylic acids is 3. The molecule has 2 bridgehead atoms. The summed E-state index contributed by atoms with van der Waals surface area (Å²) in [5, 5.41) is 0. The number of imide groups is 1. The highest BCUT2D eigenvalue weighted by molar-refractivity contribution is 6.23. The number of amides is 3. The predicted octanol–water partition coefficient (Wildman–Crippen LogP) is 2.90. The Bertz CT molecular complexity index is 1660. The lowest BCUT2D eigenvalue weighted by Crippen LogP contribution is -2.84. The minimum Gasteiger partial charge on any atom is -0.323 e. The predicted molar refractivity (Wildman–Crippen MR) is 135 cm³/mol. The summed E-state index contributed by atoms with van der Waals surface area (Å²) in [6, 6.07) is 23.4. The normalized spacial score (nSPS) is 33.1. The third kappa shape index (κ3) is 2.38. The van der Waals surface area contributed by atoms with E-state index >= 15 is 0 Å². The second kappa shape index (κ2) is 7.25. The topological polar surface area (TPSA) is 107 Å². The molecule has 0 saturated carbocycles. The number of anilines is 2. The lowest BCUT2D eigenvalue weighted by Gasteiger charge is -2.63. The molecule has 39 heavy (non-hydrogen) atoms. The van der Waals surface area contributed by atoms with E-state index in [1.54, 1.807) is 48.5 Å². The molecule has 5 aliphatic heterocycles. The van der Waals surface area contributed by atoms with Gasteiger partial charge >= 0.3 is 5.91 Å². The summed E-state index contributed by atoms with van der Waals surface area (Å²) in [6.45, 7) is 2.70. The number of para-hydroxylation sites is 2. The molecular weight excluding hydrogens is 502 g/mol. The van der Waals surface area contributed by atoms with E-state index in [-0.39, 0.29) is 0 Å². The molecule has 5 heterocycles. The summed E-state index contributed by atoms with van der Waals surface area (Å²) in [7, 11) is 0. The zero-order valence-corrected chi connectivity index (χ0v) is 20.9. The summed E-state index contributed by atoms with van der Waals surface area (Å²) in [5.41, 5.74) is -0.579. The zero-order valence-electron chi connectivity index (χ0n) is 20.9. The highest BCUT2D eigenvalue weighted by Crippen LogP contribution is 2.75. The van der Waals surface area contributed by atoms with Crippen molar-refractivity contribution in [3.8, 4) is 0 Å². The minimum atomic E-state index is -1.93. The summed E-state index contributed by atoms with van der Waals surface area (Å²) in [4.78, 5) is 47.5. The van der Waals surface area contributed by atoms with E-state index in [1.807, 2.05) is 30.3 Å². The van der Waals surface area contributed by atoms with Crippen molar-refractivity contribution in [2.75, 3.05) is 9.80 Å². The second-order valence-corrected chi connectivity index (χ2v) is 9.99. The van der Waals surface area contributed by atoms with Gasteiger partial charge in [0, 0.05) is 30.5 Å². The molecule has 5 aliphatic rings. The van der Waals surface area contributed by atoms with Crippen LogP contribution in [0.5, 0.6) is 0 Å². The van der Waals surface area contributed by atoms with Gasteiger partial charge in [-0.2, -0.15) is 0 Å². The first-order valence-corrected chi connectivity index (χ1v) is 12.5. The summed E-state index contributed by atoms with van der Waals surface area (Å²) in [5.74, 6) is -3.43. The van der Waals surface area contributed by atoms with Gasteiger partial charge in [-0.25, -0.2) is 9.89 Å². The molecule has 10 heteroatoms. The molecule has 8 rings (SSSR count). The Morgan fingerprint density at radius 2 is 1.49 bits per heavy atom. The van der Waals surface area contributed by atoms with Gasteiger partial charge in [0.1, 0.15) is 5.71 Å². The molecule has 1 spiro atoms. The van der Waals surface area contributed by atoms with E-state index in [1.165, 1.54) is 18.7 Å². The maximum atomic E-state index is 14.4. The fraction of sp³-hybridized carbons (Fsp3) is 0.241. The molecule has 2 fully saturated rings. The number of nitrogens with zero attached hydrogens (tertiary/aromatic N) is 3. The smallest absolute Gasteiger partial charge is 0.302 e. The average Bonchev–Trinajstić information content (AvgIpc) is 3.46. The van der Waals surface area contributed by atoms with Gasteiger partial charge in [-0.1, -0.05) is 66.7 Å². The monoisotopic (exact) mass is 523 g/mol. The fourth-order valence-electron chi connectivity index (χ4n) is 6.70. The maximum absolute atomic E-state index is 14.4. The quantitative estimate of drug-likeness (QED) is 0.483. The Kier molecular flexibility index (Phi) is 4.22. The SMILES string of the molecule is CC(=O)N1C(=O)[C@@]2(O[C@@]34O[C@@H]5N=C(c6ccccc6)[C@@H](O5)O[C@]32c2ccccc2N4C(C)=O)c2ccccc21. The molecule has 0 radical (unpaired) electrons. The third-order valence-electron chi connectivity index (χ3n) is 8.03. The van der Waals surface area contributed by atoms with Crippen molar-refractivity contribution in [2.24, 2.45) is 4.99 Å². The zero-order chi connectivity index (χ0) is 26.7. The number of hydrogen-bond acceptors (Lipinski definition) is 8. The molecule has 5 atom stereocenters. The molecule has 2 saturated heterocycles. The maximum Gasteiger partial charge on any atom is 0.302 e. The Labute approximate surface area is 222 Å². The molecule has 194 valence electrons. The van der Waals surface area contributed by atoms with Crippen molar-refractivity contribution in [2.45, 2.75) is 43.7 Å². The summed E-state index contributed by atoms with van der Waals surface area (Å²) in [6.07, 6.45) is -2.25. The van der Waals surface area contributed by atoms with E-state index in [9.17, 15) is 14.4 Å². The number of rotatable bonds is 1. The van der Waals surface area contributed by atoms with E-state index in [2.05, 4.69) is 4.99 Å². The Hall–Kier alpha value is -4.22. The van der Waals surface area contributed by atoms with Crippen LogP contribution in [0.25, 0.3) is 0 Å². The largest absolute Gasteiger partial charge is 0.323 e. The number of hydrogen-bond donors (Lipinski definition) is 0. The van der Waals surface area contributed by atoms with Gasteiger partial charge < -0.3 is 9.47 Å². The van der Waals surface area contributed by atoms with Crippen LogP contribution in [-0.2, 0) is 44.5 Å². The molecule has 3 aromatic rings. The van der Waals surface area contributed by atoms with Gasteiger partial charge in [-0.3, -0.25) is 28.8 Å². The molecule has 3 amide bonds. The molecule has 0 unspecified atom stereocenters. The van der Waals surface area contributed by atoms with Crippen molar-refractivity contribution in [1.29, 1.82) is 0 Å². The first-order valence-electron chi connectivity index (χ1n) is 12.5. The van der Waals surface area contributed by atoms with Crippen LogP contribution < -0.4 is 9.80 Å². The third-order valence-corrected chi connectivity index (χ3v) is 8.03. The van der Waals surface area contributed by atoms with Crippen molar-refractivity contribution in [3.05, 3.63) is 95.6 Å². The Balaban J connectivity index is 1.43. The second-order valence-electron chi connectivity index (χ2n) is 9.99. The van der Waals surface area contributed by atoms with Crippen LogP contribution in [0.15, 0.2) is 83.9 Å². The average molecular weight is 524 g/mol. The lowest BCUT2D eigenvalue weighted by atomic mass is 9.67. The van der Waals surface area contributed by atoms with Gasteiger partial charge in [0.05, 0.1) is 11.4 Å². The minimum absolute atomic E-state index is 0.382. The Morgan fingerprint density at radius 1 is 0.821 bits per heavy atom. The van der Waals surface area contributed by atoms with Crippen molar-refractivity contribution >= 4 is 34.8 Å². The molecule has 0 N–H and O–H groups in total. The van der Waals surface area contributed by atoms with Crippen molar-refractivity contribution in [3.63, 3.8) is 0 Å². The van der Waals surface area contributed by atoms with Crippen molar-refractivity contribution < 1.29 is 33.3 Å². The lowest BCUT2D eigenvalue weighted by molar-refractivity contribution is -0.484. The van der Waals surface area contributed by atoms with Crippen molar-refractivity contribution in [1.82, 2.24) is 0 Å². The van der Waals surface area contributed by atoms with E-state index in [4.69, 9.17) is 18.9 Å². The van der Waals surface area contributed by atoms with Gasteiger partial charge in [-0.15, -0.1) is 0 Å². The number of carbonyl (C=O) groups is 3. The van der Waals surface area contributed by atoms with E-state index in [0.29, 0.717) is 28.2 Å². The summed E-state index contributed by atoms with van der Waals surface area (Å²) >= 11 is 0. The van der Waals surface area contributed by atoms with Crippen LogP contribution in [0, 0.1) is 0 Å². The first-order chi connectivity index (χ1) is 18.9. The van der Waals surface area contributed by atoms with Crippen LogP contribution in [0.4, 0.5) is 11.4 Å². The van der Waals surface area contributed by atoms with Crippen LogP contribution in [0.1, 0.15) is 30.5 Å².